The number of rotatable bonds is 3. The lowest BCUT2D eigenvalue weighted by molar-refractivity contribution is -0.192. The van der Waals surface area contributed by atoms with Crippen LogP contribution in [0.1, 0.15) is 24.1 Å². The number of hydrogen-bond acceptors (Lipinski definition) is 5. The second-order valence-corrected chi connectivity index (χ2v) is 7.10. The van der Waals surface area contributed by atoms with E-state index in [-0.39, 0.29) is 18.1 Å². The third-order valence-corrected chi connectivity index (χ3v) is 5.24. The van der Waals surface area contributed by atoms with Crippen LogP contribution in [-0.2, 0) is 20.9 Å². The number of carboxylic acid groups (broad SMARTS) is 1. The Morgan fingerprint density at radius 1 is 1.38 bits per heavy atom. The van der Waals surface area contributed by atoms with E-state index in [4.69, 9.17) is 14.6 Å². The first kappa shape index (κ1) is 20.7. The maximum absolute atomic E-state index is 11.6. The molecule has 0 spiro atoms. The number of nitrogens with one attached hydrogen (secondary N) is 1. The van der Waals surface area contributed by atoms with Gasteiger partial charge in [-0.2, -0.15) is 13.2 Å². The summed E-state index contributed by atoms with van der Waals surface area (Å²) in [6.45, 7) is 2.10. The van der Waals surface area contributed by atoms with Crippen LogP contribution in [0.25, 0.3) is 0 Å². The van der Waals surface area contributed by atoms with E-state index in [9.17, 15) is 18.0 Å². The second-order valence-electron chi connectivity index (χ2n) is 6.06. The standard InChI is InChI=1S/C14H20N2O2S.C2HF3O2/c1-15-14(17)13-5-4-11-12(18-13)6-7-16(11)9-10-3-2-8-19-10;3-2(4,5)1(6)7/h2-3,8,11-13H,4-7,9H2,1H3,(H,15,17);(H,6,7)/t11-,12-,13-;/m1./s1. The molecular weight excluding hydrogens is 373 g/mol. The zero-order chi connectivity index (χ0) is 19.3. The first-order valence-corrected chi connectivity index (χ1v) is 9.04. The van der Waals surface area contributed by atoms with Crippen LogP contribution in [0.3, 0.4) is 0 Å². The average molecular weight is 394 g/mol. The third kappa shape index (κ3) is 5.42. The van der Waals surface area contributed by atoms with Gasteiger partial charge in [0.05, 0.1) is 6.10 Å². The highest BCUT2D eigenvalue weighted by molar-refractivity contribution is 7.09. The summed E-state index contributed by atoms with van der Waals surface area (Å²) in [5.41, 5.74) is 0. The summed E-state index contributed by atoms with van der Waals surface area (Å²) in [5, 5.41) is 11.9. The lowest BCUT2D eigenvalue weighted by Crippen LogP contribution is -2.46. The van der Waals surface area contributed by atoms with E-state index >= 15 is 0 Å². The van der Waals surface area contributed by atoms with Gasteiger partial charge in [-0.15, -0.1) is 11.3 Å². The first-order valence-electron chi connectivity index (χ1n) is 8.16. The number of halogens is 3. The molecule has 2 saturated heterocycles. The number of likely N-dealkylation sites (N-methyl/N-ethyl adjacent to an activating group) is 1. The van der Waals surface area contributed by atoms with Gasteiger partial charge in [0.1, 0.15) is 6.10 Å². The Balaban J connectivity index is 0.000000298. The smallest absolute Gasteiger partial charge is 0.475 e. The van der Waals surface area contributed by atoms with Crippen LogP contribution >= 0.6 is 11.3 Å². The van der Waals surface area contributed by atoms with E-state index in [1.54, 1.807) is 7.05 Å². The summed E-state index contributed by atoms with van der Waals surface area (Å²) < 4.78 is 37.7. The topological polar surface area (TPSA) is 78.9 Å². The number of ether oxygens (including phenoxy) is 1. The van der Waals surface area contributed by atoms with Gasteiger partial charge >= 0.3 is 12.1 Å². The van der Waals surface area contributed by atoms with E-state index < -0.39 is 12.1 Å². The SMILES string of the molecule is CNC(=O)[C@H]1CC[C@@H]2[C@@H](CCN2Cc2cccs2)O1.O=C(O)C(F)(F)F. The van der Waals surface area contributed by atoms with Gasteiger partial charge < -0.3 is 15.2 Å². The summed E-state index contributed by atoms with van der Waals surface area (Å²) >= 11 is 1.81. The number of carbonyl (C=O) groups excluding carboxylic acids is 1. The maximum atomic E-state index is 11.6. The summed E-state index contributed by atoms with van der Waals surface area (Å²) in [7, 11) is 1.68. The highest BCUT2D eigenvalue weighted by Crippen LogP contribution is 2.33. The molecule has 2 aliphatic rings. The van der Waals surface area contributed by atoms with Gasteiger partial charge in [-0.3, -0.25) is 9.69 Å². The Kier molecular flexibility index (Phi) is 7.01. The van der Waals surface area contributed by atoms with Crippen molar-refractivity contribution < 1.29 is 32.6 Å². The Labute approximate surface area is 152 Å². The third-order valence-electron chi connectivity index (χ3n) is 4.38. The molecule has 26 heavy (non-hydrogen) atoms. The van der Waals surface area contributed by atoms with Gasteiger partial charge in [0.25, 0.3) is 0 Å². The summed E-state index contributed by atoms with van der Waals surface area (Å²) in [6, 6.07) is 4.78. The average Bonchev–Trinajstić information content (AvgIpc) is 3.24. The van der Waals surface area contributed by atoms with Crippen molar-refractivity contribution in [2.75, 3.05) is 13.6 Å². The monoisotopic (exact) mass is 394 g/mol. The van der Waals surface area contributed by atoms with Gasteiger partial charge in [-0.1, -0.05) is 6.07 Å². The molecule has 0 saturated carbocycles. The number of fused-ring (bicyclic) bond motifs is 1. The predicted octanol–water partition coefficient (Wildman–Crippen LogP) is 2.25. The molecule has 0 unspecified atom stereocenters. The van der Waals surface area contributed by atoms with Gasteiger partial charge in [-0.05, 0) is 30.7 Å². The molecule has 1 aromatic heterocycles. The zero-order valence-electron chi connectivity index (χ0n) is 14.2. The predicted molar refractivity (Wildman–Crippen MR) is 88.8 cm³/mol. The van der Waals surface area contributed by atoms with Crippen molar-refractivity contribution in [1.29, 1.82) is 0 Å². The molecule has 3 heterocycles. The van der Waals surface area contributed by atoms with Gasteiger partial charge in [-0.25, -0.2) is 4.79 Å². The molecular formula is C16H21F3N2O4S. The number of aliphatic carboxylic acids is 1. The minimum atomic E-state index is -5.08. The van der Waals surface area contributed by atoms with Crippen molar-refractivity contribution in [1.82, 2.24) is 10.2 Å². The van der Waals surface area contributed by atoms with Crippen molar-refractivity contribution in [2.45, 2.75) is 50.2 Å². The van der Waals surface area contributed by atoms with Crippen LogP contribution in [0.5, 0.6) is 0 Å². The molecule has 2 aliphatic heterocycles. The molecule has 3 rings (SSSR count). The molecule has 6 nitrogen and oxygen atoms in total. The molecule has 0 aliphatic carbocycles. The normalized spacial score (nSPS) is 25.8. The van der Waals surface area contributed by atoms with Crippen molar-refractivity contribution >= 4 is 23.2 Å². The Bertz CT molecular complexity index is 609. The minimum Gasteiger partial charge on any atom is -0.475 e. The Hall–Kier alpha value is -1.65. The zero-order valence-corrected chi connectivity index (χ0v) is 15.0. The fourth-order valence-corrected chi connectivity index (χ4v) is 3.90. The molecule has 1 aromatic rings. The maximum Gasteiger partial charge on any atom is 0.490 e. The van der Waals surface area contributed by atoms with E-state index in [1.807, 2.05) is 11.3 Å². The largest absolute Gasteiger partial charge is 0.490 e. The van der Waals surface area contributed by atoms with E-state index in [1.165, 1.54) is 4.88 Å². The van der Waals surface area contributed by atoms with Crippen LogP contribution in [0.15, 0.2) is 17.5 Å². The van der Waals surface area contributed by atoms with E-state index in [2.05, 4.69) is 27.7 Å². The quantitative estimate of drug-likeness (QED) is 0.822. The van der Waals surface area contributed by atoms with Crippen LogP contribution in [-0.4, -0.2) is 59.9 Å². The van der Waals surface area contributed by atoms with Crippen LogP contribution < -0.4 is 5.32 Å². The van der Waals surface area contributed by atoms with Gasteiger partial charge in [0.15, 0.2) is 0 Å². The van der Waals surface area contributed by atoms with Crippen LogP contribution in [0.2, 0.25) is 0 Å². The van der Waals surface area contributed by atoms with Crippen LogP contribution in [0.4, 0.5) is 13.2 Å². The number of amides is 1. The van der Waals surface area contributed by atoms with Gasteiger partial charge in [0.2, 0.25) is 5.91 Å². The van der Waals surface area contributed by atoms with Crippen molar-refractivity contribution in [3.8, 4) is 0 Å². The molecule has 2 fully saturated rings. The number of carbonyl (C=O) groups is 2. The molecule has 0 radical (unpaired) electrons. The highest BCUT2D eigenvalue weighted by Gasteiger charge is 2.41. The molecule has 2 N–H and O–H groups in total. The molecule has 1 amide bonds. The molecule has 3 atom stereocenters. The van der Waals surface area contributed by atoms with Crippen molar-refractivity contribution in [2.24, 2.45) is 0 Å². The van der Waals surface area contributed by atoms with Crippen molar-refractivity contribution in [3.63, 3.8) is 0 Å². The number of hydrogen-bond donors (Lipinski definition) is 2. The lowest BCUT2D eigenvalue weighted by atomic mass is 9.98. The number of carboxylic acids is 1. The lowest BCUT2D eigenvalue weighted by Gasteiger charge is -2.35. The minimum absolute atomic E-state index is 0.0233. The molecule has 10 heteroatoms. The van der Waals surface area contributed by atoms with E-state index in [0.29, 0.717) is 6.04 Å². The molecule has 0 bridgehead atoms. The first-order chi connectivity index (χ1) is 12.2. The number of thiophene rings is 1. The Morgan fingerprint density at radius 2 is 2.08 bits per heavy atom. The highest BCUT2D eigenvalue weighted by atomic mass is 32.1. The van der Waals surface area contributed by atoms with Crippen LogP contribution in [0, 0.1) is 0 Å². The van der Waals surface area contributed by atoms with Gasteiger partial charge in [0, 0.05) is 31.1 Å². The van der Waals surface area contributed by atoms with E-state index in [0.717, 1.165) is 32.4 Å². The molecule has 0 aromatic carbocycles. The summed E-state index contributed by atoms with van der Waals surface area (Å²) in [4.78, 5) is 24.5. The summed E-state index contributed by atoms with van der Waals surface area (Å²) in [5.74, 6) is -2.73. The second kappa shape index (κ2) is 8.83. The number of likely N-dealkylation sites (tertiary alicyclic amines) is 1. The van der Waals surface area contributed by atoms with Crippen molar-refractivity contribution in [3.05, 3.63) is 22.4 Å². The Morgan fingerprint density at radius 3 is 2.62 bits per heavy atom. The fraction of sp³-hybridized carbons (Fsp3) is 0.625. The fourth-order valence-electron chi connectivity index (χ4n) is 3.17. The number of nitrogens with zero attached hydrogens (tertiary/aromatic N) is 1. The number of alkyl halides is 3. The molecule has 146 valence electrons. The summed E-state index contributed by atoms with van der Waals surface area (Å²) in [6.07, 6.45) is -2.15.